The third kappa shape index (κ3) is 3.18. The van der Waals surface area contributed by atoms with Gasteiger partial charge in [0.1, 0.15) is 0 Å². The minimum absolute atomic E-state index is 0.521. The molecule has 0 atom stereocenters. The molecule has 0 saturated carbocycles. The van der Waals surface area contributed by atoms with Crippen molar-refractivity contribution < 1.29 is 8.42 Å². The summed E-state index contributed by atoms with van der Waals surface area (Å²) in [5.74, 6) is 0. The lowest BCUT2D eigenvalue weighted by atomic mass is 10.3. The summed E-state index contributed by atoms with van der Waals surface area (Å²) in [7, 11) is -3.10. The van der Waals surface area contributed by atoms with Gasteiger partial charge in [0.05, 0.1) is 10.3 Å². The lowest BCUT2D eigenvalue weighted by Gasteiger charge is -2.13. The first-order valence-corrected chi connectivity index (χ1v) is 6.50. The molecule has 0 aromatic carbocycles. The number of hydrogen-bond donors (Lipinski definition) is 1. The van der Waals surface area contributed by atoms with Gasteiger partial charge in [-0.3, -0.25) is 0 Å². The molecule has 1 aliphatic rings. The van der Waals surface area contributed by atoms with Crippen molar-refractivity contribution in [1.82, 2.24) is 5.32 Å². The van der Waals surface area contributed by atoms with Crippen LogP contribution in [0.3, 0.4) is 0 Å². The van der Waals surface area contributed by atoms with Crippen LogP contribution in [-0.2, 0) is 9.84 Å². The van der Waals surface area contributed by atoms with Crippen LogP contribution in [0.1, 0.15) is 40.5 Å². The Hall–Kier alpha value is -0.770. The smallest absolute Gasteiger partial charge is 0.199 e. The highest BCUT2D eigenvalue weighted by atomic mass is 32.2. The minimum atomic E-state index is -3.10. The lowest BCUT2D eigenvalue weighted by molar-refractivity contribution is 0.605. The predicted molar refractivity (Wildman–Crippen MR) is 60.2 cm³/mol. The topological polar surface area (TPSA) is 46.2 Å². The van der Waals surface area contributed by atoms with Crippen molar-refractivity contribution in [3.8, 4) is 0 Å². The van der Waals surface area contributed by atoms with Crippen LogP contribution < -0.4 is 5.32 Å². The fraction of sp³-hybridized carbons (Fsp3) is 0.600. The third-order valence-electron chi connectivity index (χ3n) is 1.79. The van der Waals surface area contributed by atoms with E-state index in [0.717, 1.165) is 12.1 Å². The maximum Gasteiger partial charge on any atom is 0.199 e. The van der Waals surface area contributed by atoms with Crippen LogP contribution in [0.25, 0.3) is 0 Å². The number of nitrogens with one attached hydrogen (secondary N) is 1. The highest BCUT2D eigenvalue weighted by Crippen LogP contribution is 2.21. The van der Waals surface area contributed by atoms with Crippen molar-refractivity contribution >= 4 is 9.84 Å². The van der Waals surface area contributed by atoms with E-state index in [1.807, 2.05) is 20.8 Å². The third-order valence-corrected chi connectivity index (χ3v) is 3.48. The van der Waals surface area contributed by atoms with Gasteiger partial charge < -0.3 is 5.32 Å². The van der Waals surface area contributed by atoms with Crippen molar-refractivity contribution in [2.45, 2.75) is 40.5 Å². The van der Waals surface area contributed by atoms with E-state index >= 15 is 0 Å². The van der Waals surface area contributed by atoms with Gasteiger partial charge in [-0.25, -0.2) is 8.42 Å². The number of allylic oxidation sites excluding steroid dienone is 2. The Bertz CT molecular complexity index is 326. The molecule has 0 bridgehead atoms. The summed E-state index contributed by atoms with van der Waals surface area (Å²) in [5, 5.41) is 4.11. The van der Waals surface area contributed by atoms with Gasteiger partial charge >= 0.3 is 0 Å². The Balaban J connectivity index is 0.000000791. The Morgan fingerprint density at radius 3 is 2.36 bits per heavy atom. The predicted octanol–water partition coefficient (Wildman–Crippen LogP) is 2.53. The maximum absolute atomic E-state index is 11.4. The molecule has 3 nitrogen and oxygen atoms in total. The van der Waals surface area contributed by atoms with Crippen LogP contribution in [0.15, 0.2) is 22.2 Å². The Labute approximate surface area is 86.8 Å². The van der Waals surface area contributed by atoms with Crippen molar-refractivity contribution in [3.63, 3.8) is 0 Å². The molecule has 14 heavy (non-hydrogen) atoms. The molecule has 0 fully saturated rings. The molecule has 0 aromatic heterocycles. The van der Waals surface area contributed by atoms with Gasteiger partial charge in [0.15, 0.2) is 9.84 Å². The average Bonchev–Trinajstić information content (AvgIpc) is 2.15. The number of rotatable bonds is 2. The first kappa shape index (κ1) is 13.2. The van der Waals surface area contributed by atoms with Crippen molar-refractivity contribution in [2.75, 3.05) is 0 Å². The first-order chi connectivity index (χ1) is 6.58. The quantitative estimate of drug-likeness (QED) is 0.773. The van der Waals surface area contributed by atoms with E-state index < -0.39 is 9.84 Å². The van der Waals surface area contributed by atoms with Crippen molar-refractivity contribution in [1.29, 1.82) is 0 Å². The summed E-state index contributed by atoms with van der Waals surface area (Å²) in [6.07, 6.45) is 2.93. The molecular weight excluding hydrogens is 198 g/mol. The zero-order chi connectivity index (χ0) is 11.2. The van der Waals surface area contributed by atoms with Gasteiger partial charge in [0.2, 0.25) is 0 Å². The zero-order valence-corrected chi connectivity index (χ0v) is 10.1. The van der Waals surface area contributed by atoms with E-state index in [0.29, 0.717) is 11.3 Å². The van der Waals surface area contributed by atoms with E-state index in [1.165, 1.54) is 11.6 Å². The minimum Gasteiger partial charge on any atom is -0.364 e. The molecule has 4 heteroatoms. The highest BCUT2D eigenvalue weighted by Gasteiger charge is 2.19. The Morgan fingerprint density at radius 1 is 1.36 bits per heavy atom. The van der Waals surface area contributed by atoms with E-state index in [9.17, 15) is 8.42 Å². The lowest BCUT2D eigenvalue weighted by Crippen LogP contribution is -2.16. The van der Waals surface area contributed by atoms with E-state index in [2.05, 4.69) is 5.32 Å². The summed E-state index contributed by atoms with van der Waals surface area (Å²) in [4.78, 5) is 0.521. The molecule has 1 rings (SSSR count). The molecule has 0 unspecified atom stereocenters. The normalized spacial score (nSPS) is 18.3. The van der Waals surface area contributed by atoms with Gasteiger partial charge in [-0.05, 0) is 13.3 Å². The molecule has 0 spiro atoms. The SMILES string of the molecule is CC.CCCC1=C(C)NC=CS1(=O)=O. The van der Waals surface area contributed by atoms with Gasteiger partial charge in [0.25, 0.3) is 0 Å². The molecule has 0 radical (unpaired) electrons. The summed E-state index contributed by atoms with van der Waals surface area (Å²) in [6.45, 7) is 7.75. The van der Waals surface area contributed by atoms with Gasteiger partial charge in [-0.2, -0.15) is 0 Å². The van der Waals surface area contributed by atoms with Gasteiger partial charge in [-0.15, -0.1) is 0 Å². The van der Waals surface area contributed by atoms with Crippen LogP contribution in [0.4, 0.5) is 0 Å². The molecule has 1 heterocycles. The Kier molecular flexibility index (Phi) is 5.53. The fourth-order valence-corrected chi connectivity index (χ4v) is 2.57. The fourth-order valence-electron chi connectivity index (χ4n) is 1.18. The summed E-state index contributed by atoms with van der Waals surface area (Å²) in [5.41, 5.74) is 0.749. The van der Waals surface area contributed by atoms with Crippen LogP contribution in [0.2, 0.25) is 0 Å². The van der Waals surface area contributed by atoms with Crippen molar-refractivity contribution in [2.24, 2.45) is 0 Å². The number of hydrogen-bond acceptors (Lipinski definition) is 3. The second-order valence-electron chi connectivity index (χ2n) is 2.79. The molecule has 0 amide bonds. The van der Waals surface area contributed by atoms with E-state index in [-0.39, 0.29) is 0 Å². The zero-order valence-electron chi connectivity index (χ0n) is 9.29. The molecular formula is C10H19NO2S. The van der Waals surface area contributed by atoms with Crippen LogP contribution in [0, 0.1) is 0 Å². The van der Waals surface area contributed by atoms with Crippen LogP contribution >= 0.6 is 0 Å². The monoisotopic (exact) mass is 217 g/mol. The van der Waals surface area contributed by atoms with Crippen LogP contribution in [-0.4, -0.2) is 8.42 Å². The molecule has 0 aromatic rings. The maximum atomic E-state index is 11.4. The molecule has 0 saturated heterocycles. The highest BCUT2D eigenvalue weighted by molar-refractivity contribution is 7.98. The molecule has 1 N–H and O–H groups in total. The number of sulfone groups is 1. The second kappa shape index (κ2) is 5.86. The van der Waals surface area contributed by atoms with Crippen molar-refractivity contribution in [3.05, 3.63) is 22.2 Å². The second-order valence-corrected chi connectivity index (χ2v) is 4.65. The molecule has 1 aliphatic heterocycles. The largest absolute Gasteiger partial charge is 0.364 e. The van der Waals surface area contributed by atoms with Gasteiger partial charge in [-0.1, -0.05) is 27.2 Å². The standard InChI is InChI=1S/C8H13NO2S.C2H6/c1-3-4-8-7(2)9-5-6-12(8,10)11;1-2/h5-6,9H,3-4H2,1-2H3;1-2H3. The average molecular weight is 217 g/mol. The summed E-state index contributed by atoms with van der Waals surface area (Å²) in [6, 6.07) is 0. The molecule has 0 aliphatic carbocycles. The van der Waals surface area contributed by atoms with Gasteiger partial charge in [0, 0.05) is 11.9 Å². The first-order valence-electron chi connectivity index (χ1n) is 4.96. The van der Waals surface area contributed by atoms with E-state index in [4.69, 9.17) is 0 Å². The summed E-state index contributed by atoms with van der Waals surface area (Å²) >= 11 is 0. The molecule has 82 valence electrons. The summed E-state index contributed by atoms with van der Waals surface area (Å²) < 4.78 is 22.8. The van der Waals surface area contributed by atoms with E-state index in [1.54, 1.807) is 6.92 Å². The van der Waals surface area contributed by atoms with Crippen LogP contribution in [0.5, 0.6) is 0 Å². The Morgan fingerprint density at radius 2 is 1.93 bits per heavy atom.